The van der Waals surface area contributed by atoms with Crippen molar-refractivity contribution in [3.05, 3.63) is 34.2 Å². The van der Waals surface area contributed by atoms with Gasteiger partial charge in [-0.25, -0.2) is 0 Å². The van der Waals surface area contributed by atoms with Gasteiger partial charge < -0.3 is 4.57 Å². The molecule has 4 heteroatoms. The van der Waals surface area contributed by atoms with Crippen LogP contribution in [0.3, 0.4) is 0 Å². The van der Waals surface area contributed by atoms with Crippen molar-refractivity contribution in [1.82, 2.24) is 0 Å². The highest BCUT2D eigenvalue weighted by Gasteiger charge is 2.12. The minimum atomic E-state index is -2.01. The molecule has 0 aliphatic rings. The Labute approximate surface area is 98.4 Å². The molecule has 1 nitrogen and oxygen atoms in total. The van der Waals surface area contributed by atoms with Crippen LogP contribution in [0.25, 0.3) is 10.1 Å². The summed E-state index contributed by atoms with van der Waals surface area (Å²) in [6, 6.07) is 5.86. The van der Waals surface area contributed by atoms with Crippen molar-refractivity contribution in [2.75, 3.05) is 13.3 Å². The molecular weight excluding hydrogens is 247 g/mol. The molecule has 0 N–H and O–H groups in total. The van der Waals surface area contributed by atoms with Crippen molar-refractivity contribution in [3.8, 4) is 0 Å². The molecule has 0 aliphatic carbocycles. The van der Waals surface area contributed by atoms with E-state index < -0.39 is 7.14 Å². The lowest BCUT2D eigenvalue weighted by molar-refractivity contribution is 0.582. The number of rotatable bonds is 2. The van der Waals surface area contributed by atoms with E-state index >= 15 is 0 Å². The molecule has 0 bridgehead atoms. The van der Waals surface area contributed by atoms with Crippen LogP contribution in [0.4, 0.5) is 0 Å². The third kappa shape index (κ3) is 2.63. The summed E-state index contributed by atoms with van der Waals surface area (Å²) in [5, 5.41) is 3.97. The molecular formula is C11H12ClOPS. The average molecular weight is 259 g/mol. The fraction of sp³-hybridized carbons (Fsp3) is 0.273. The lowest BCUT2D eigenvalue weighted by atomic mass is 10.2. The van der Waals surface area contributed by atoms with Crippen LogP contribution < -0.4 is 0 Å². The van der Waals surface area contributed by atoms with Crippen molar-refractivity contribution < 1.29 is 4.57 Å². The zero-order chi connectivity index (χ0) is 11.1. The lowest BCUT2D eigenvalue weighted by Crippen LogP contribution is -1.83. The molecule has 1 heterocycles. The molecule has 0 saturated heterocycles. The molecule has 0 spiro atoms. The van der Waals surface area contributed by atoms with Gasteiger partial charge in [0.25, 0.3) is 0 Å². The minimum absolute atomic E-state index is 0.660. The third-order valence-corrected chi connectivity index (χ3v) is 4.52. The number of hydrogen-bond acceptors (Lipinski definition) is 2. The predicted molar refractivity (Wildman–Crippen MR) is 70.0 cm³/mol. The number of hydrogen-bond donors (Lipinski definition) is 0. The first-order valence-corrected chi connectivity index (χ1v) is 8.70. The third-order valence-electron chi connectivity index (χ3n) is 2.17. The summed E-state index contributed by atoms with van der Waals surface area (Å²) in [6.45, 7) is 3.64. The van der Waals surface area contributed by atoms with E-state index in [-0.39, 0.29) is 0 Å². The van der Waals surface area contributed by atoms with E-state index in [1.807, 2.05) is 31.5 Å². The van der Waals surface area contributed by atoms with Crippen LogP contribution in [0.5, 0.6) is 0 Å². The molecule has 0 radical (unpaired) electrons. The number of halogens is 1. The van der Waals surface area contributed by atoms with Gasteiger partial charge in [0, 0.05) is 15.9 Å². The fourth-order valence-electron chi connectivity index (χ4n) is 1.59. The van der Waals surface area contributed by atoms with Gasteiger partial charge in [0.1, 0.15) is 0 Å². The average Bonchev–Trinajstić information content (AvgIpc) is 2.46. The number of benzene rings is 1. The second-order valence-electron chi connectivity index (χ2n) is 4.13. The van der Waals surface area contributed by atoms with Crippen LogP contribution in [0.1, 0.15) is 5.56 Å². The molecule has 0 fully saturated rings. The largest absolute Gasteiger partial charge is 0.324 e. The van der Waals surface area contributed by atoms with Crippen molar-refractivity contribution in [1.29, 1.82) is 0 Å². The summed E-state index contributed by atoms with van der Waals surface area (Å²) in [5.74, 6) is 0. The van der Waals surface area contributed by atoms with Gasteiger partial charge in [0.2, 0.25) is 0 Å². The second kappa shape index (κ2) is 3.93. The van der Waals surface area contributed by atoms with Crippen molar-refractivity contribution >= 4 is 40.2 Å². The van der Waals surface area contributed by atoms with E-state index in [9.17, 15) is 4.57 Å². The topological polar surface area (TPSA) is 17.1 Å². The Morgan fingerprint density at radius 2 is 2.13 bits per heavy atom. The Morgan fingerprint density at radius 3 is 2.80 bits per heavy atom. The first kappa shape index (κ1) is 11.2. The molecule has 0 atom stereocenters. The van der Waals surface area contributed by atoms with Gasteiger partial charge in [-0.2, -0.15) is 0 Å². The zero-order valence-electron chi connectivity index (χ0n) is 8.66. The first-order chi connectivity index (χ1) is 6.96. The van der Waals surface area contributed by atoms with Gasteiger partial charge >= 0.3 is 0 Å². The van der Waals surface area contributed by atoms with Crippen molar-refractivity contribution in [2.24, 2.45) is 0 Å². The van der Waals surface area contributed by atoms with Gasteiger partial charge in [-0.1, -0.05) is 11.6 Å². The summed E-state index contributed by atoms with van der Waals surface area (Å²) in [6.07, 6.45) is 0.660. The molecule has 0 saturated carbocycles. The van der Waals surface area contributed by atoms with E-state index in [4.69, 9.17) is 11.6 Å². The Morgan fingerprint density at radius 1 is 1.40 bits per heavy atom. The van der Waals surface area contributed by atoms with Gasteiger partial charge in [-0.05, 0) is 47.9 Å². The quantitative estimate of drug-likeness (QED) is 0.715. The maximum Gasteiger partial charge on any atom is 0.0861 e. The van der Waals surface area contributed by atoms with Crippen LogP contribution in [0.15, 0.2) is 23.6 Å². The minimum Gasteiger partial charge on any atom is -0.324 e. The van der Waals surface area contributed by atoms with Crippen LogP contribution in [-0.4, -0.2) is 13.3 Å². The summed E-state index contributed by atoms with van der Waals surface area (Å²) in [5.41, 5.74) is 1.16. The van der Waals surface area contributed by atoms with E-state index in [1.165, 1.54) is 4.70 Å². The fourth-order valence-corrected chi connectivity index (χ4v) is 3.91. The molecule has 1 aromatic heterocycles. The maximum absolute atomic E-state index is 11.8. The maximum atomic E-state index is 11.8. The summed E-state index contributed by atoms with van der Waals surface area (Å²) < 4.78 is 13.0. The van der Waals surface area contributed by atoms with Gasteiger partial charge in [0.15, 0.2) is 0 Å². The second-order valence-corrected chi connectivity index (χ2v) is 8.95. The van der Waals surface area contributed by atoms with Gasteiger partial charge in [-0.3, -0.25) is 0 Å². The highest BCUT2D eigenvalue weighted by Crippen LogP contribution is 2.43. The number of fused-ring (bicyclic) bond motifs is 1. The lowest BCUT2D eigenvalue weighted by Gasteiger charge is -2.04. The Balaban J connectivity index is 2.53. The van der Waals surface area contributed by atoms with Gasteiger partial charge in [-0.15, -0.1) is 11.3 Å². The Kier molecular flexibility index (Phi) is 2.94. The molecule has 2 aromatic rings. The van der Waals surface area contributed by atoms with Crippen LogP contribution in [-0.2, 0) is 10.7 Å². The normalized spacial score (nSPS) is 12.2. The van der Waals surface area contributed by atoms with E-state index in [0.717, 1.165) is 16.0 Å². The Hall–Kier alpha value is -0.300. The van der Waals surface area contributed by atoms with Crippen molar-refractivity contribution in [3.63, 3.8) is 0 Å². The first-order valence-electron chi connectivity index (χ1n) is 4.65. The molecule has 1 aromatic carbocycles. The summed E-state index contributed by atoms with van der Waals surface area (Å²) >= 11 is 7.64. The SMILES string of the molecule is CP(C)(=O)Cc1csc2ccc(Cl)cc12. The van der Waals surface area contributed by atoms with Crippen LogP contribution in [0, 0.1) is 0 Å². The molecule has 80 valence electrons. The van der Waals surface area contributed by atoms with Crippen molar-refractivity contribution in [2.45, 2.75) is 6.16 Å². The number of thiophene rings is 1. The van der Waals surface area contributed by atoms with Crippen LogP contribution >= 0.6 is 30.1 Å². The zero-order valence-corrected chi connectivity index (χ0v) is 11.1. The highest BCUT2D eigenvalue weighted by molar-refractivity contribution is 7.61. The monoisotopic (exact) mass is 258 g/mol. The molecule has 0 unspecified atom stereocenters. The molecule has 0 amide bonds. The van der Waals surface area contributed by atoms with Gasteiger partial charge in [0.05, 0.1) is 7.14 Å². The Bertz CT molecular complexity index is 541. The summed E-state index contributed by atoms with van der Waals surface area (Å²) in [7, 11) is -2.01. The highest BCUT2D eigenvalue weighted by atomic mass is 35.5. The standard InChI is InChI=1S/C11H12ClOPS/c1-14(2,13)6-8-7-15-11-4-3-9(12)5-10(8)11/h3-5,7H,6H2,1-2H3. The predicted octanol–water partition coefficient (Wildman–Crippen LogP) is 4.68. The van der Waals surface area contributed by atoms with E-state index in [0.29, 0.717) is 6.16 Å². The van der Waals surface area contributed by atoms with Crippen LogP contribution in [0.2, 0.25) is 5.02 Å². The van der Waals surface area contributed by atoms with E-state index in [2.05, 4.69) is 5.38 Å². The molecule has 2 rings (SSSR count). The van der Waals surface area contributed by atoms with E-state index in [1.54, 1.807) is 11.3 Å². The molecule has 0 aliphatic heterocycles. The smallest absolute Gasteiger partial charge is 0.0861 e. The molecule has 15 heavy (non-hydrogen) atoms. The summed E-state index contributed by atoms with van der Waals surface area (Å²) in [4.78, 5) is 0.